The Morgan fingerprint density at radius 1 is 0.700 bits per heavy atom. The lowest BCUT2D eigenvalue weighted by Gasteiger charge is -2.25. The van der Waals surface area contributed by atoms with Crippen LogP contribution in [0.4, 0.5) is 0 Å². The number of rotatable bonds is 20. The highest BCUT2D eigenvalue weighted by Crippen LogP contribution is 2.12. The van der Waals surface area contributed by atoms with Gasteiger partial charge in [-0.15, -0.1) is 0 Å². The van der Waals surface area contributed by atoms with Crippen LogP contribution in [0.1, 0.15) is 51.2 Å². The van der Waals surface area contributed by atoms with Crippen LogP contribution in [-0.2, 0) is 46.4 Å². The van der Waals surface area contributed by atoms with Gasteiger partial charge in [0.2, 0.25) is 35.4 Å². The van der Waals surface area contributed by atoms with Crippen LogP contribution in [0.25, 0.3) is 0 Å². The average molecular weight is 698 g/mol. The van der Waals surface area contributed by atoms with Crippen molar-refractivity contribution < 1.29 is 43.8 Å². The van der Waals surface area contributed by atoms with Crippen LogP contribution in [0.5, 0.6) is 5.75 Å². The number of aromatic hydroxyl groups is 1. The Hall–Kier alpha value is -5.51. The summed E-state index contributed by atoms with van der Waals surface area (Å²) in [6.45, 7) is 4.46. The van der Waals surface area contributed by atoms with E-state index < -0.39 is 78.2 Å². The Morgan fingerprint density at radius 3 is 1.86 bits per heavy atom. The van der Waals surface area contributed by atoms with E-state index in [1.54, 1.807) is 56.3 Å². The first-order valence-electron chi connectivity index (χ1n) is 16.1. The Morgan fingerprint density at radius 2 is 1.28 bits per heavy atom. The molecule has 0 aliphatic rings. The van der Waals surface area contributed by atoms with Gasteiger partial charge in [0, 0.05) is 12.8 Å². The van der Waals surface area contributed by atoms with Crippen molar-refractivity contribution in [3.8, 4) is 5.75 Å². The monoisotopic (exact) mass is 697 g/mol. The number of nitrogens with two attached hydrogens (primary N) is 2. The van der Waals surface area contributed by atoms with E-state index in [2.05, 4.69) is 26.6 Å². The minimum atomic E-state index is -1.42. The van der Waals surface area contributed by atoms with Gasteiger partial charge >= 0.3 is 5.97 Å². The normalized spacial score (nSPS) is 13.9. The largest absolute Gasteiger partial charge is 0.508 e. The topological polar surface area (TPSA) is 272 Å². The summed E-state index contributed by atoms with van der Waals surface area (Å²) in [5.41, 5.74) is 12.5. The van der Waals surface area contributed by atoms with Gasteiger partial charge in [-0.1, -0.05) is 56.3 Å². The zero-order valence-electron chi connectivity index (χ0n) is 28.3. The molecule has 16 heteroatoms. The molecule has 5 atom stereocenters. The maximum Gasteiger partial charge on any atom is 0.326 e. The van der Waals surface area contributed by atoms with Gasteiger partial charge in [0.1, 0.15) is 29.9 Å². The molecule has 16 nitrogen and oxygen atoms in total. The van der Waals surface area contributed by atoms with E-state index in [1.165, 1.54) is 19.1 Å². The predicted molar refractivity (Wildman–Crippen MR) is 182 cm³/mol. The Balaban J connectivity index is 2.06. The van der Waals surface area contributed by atoms with Gasteiger partial charge in [0.25, 0.3) is 0 Å². The van der Waals surface area contributed by atoms with E-state index in [9.17, 15) is 43.8 Å². The quantitative estimate of drug-likeness (QED) is 0.0812. The molecule has 0 aliphatic heterocycles. The second-order valence-electron chi connectivity index (χ2n) is 12.3. The van der Waals surface area contributed by atoms with Gasteiger partial charge in [-0.25, -0.2) is 4.79 Å². The average Bonchev–Trinajstić information content (AvgIpc) is 3.05. The first-order valence-corrected chi connectivity index (χ1v) is 16.1. The molecule has 6 amide bonds. The zero-order chi connectivity index (χ0) is 37.4. The van der Waals surface area contributed by atoms with Crippen LogP contribution >= 0.6 is 0 Å². The fourth-order valence-electron chi connectivity index (χ4n) is 4.78. The highest BCUT2D eigenvalue weighted by Gasteiger charge is 2.30. The molecule has 0 aliphatic carbocycles. The molecular formula is C34H47N7O9. The number of carbonyl (C=O) groups is 7. The molecule has 0 spiro atoms. The standard InChI is InChI=1S/C34H47N7O9/c1-19(2)15-26(32(47)40-25(34(49)50)13-14-28(36)43)41-33(48)27(17-21-7-5-4-6-8-21)39-29(44)18-37-30(45)20(3)38-31(46)24(35)16-22-9-11-23(42)12-10-22/h4-12,19-20,24-27,42H,13-18,35H2,1-3H3,(H2,36,43)(H,37,45)(H,38,46)(H,39,44)(H,40,47)(H,41,48)(H,49,50)/t20-,24-,25-,26-,27-/m0/s1. The summed E-state index contributed by atoms with van der Waals surface area (Å²) in [6.07, 6.45) is -0.219. The Kier molecular flexibility index (Phi) is 16.4. The van der Waals surface area contributed by atoms with Crippen LogP contribution in [-0.4, -0.2) is 88.4 Å². The summed E-state index contributed by atoms with van der Waals surface area (Å²) < 4.78 is 0. The number of carboxylic acids is 1. The first-order chi connectivity index (χ1) is 23.5. The summed E-state index contributed by atoms with van der Waals surface area (Å²) in [5, 5.41) is 31.4. The number of primary amides is 1. The van der Waals surface area contributed by atoms with Crippen LogP contribution < -0.4 is 38.1 Å². The molecule has 0 aromatic heterocycles. The molecule has 2 rings (SSSR count). The SMILES string of the molecule is CC(C)C[C@H](NC(=O)[C@H](Cc1ccccc1)NC(=O)CNC(=O)[C@H](C)NC(=O)[C@@H](N)Cc1ccc(O)cc1)C(=O)N[C@@H](CCC(N)=O)C(=O)O. The van der Waals surface area contributed by atoms with Crippen molar-refractivity contribution in [2.24, 2.45) is 17.4 Å². The highest BCUT2D eigenvalue weighted by molar-refractivity contribution is 5.95. The van der Waals surface area contributed by atoms with Gasteiger partial charge < -0.3 is 48.3 Å². The number of phenols is 1. The third-order valence-corrected chi connectivity index (χ3v) is 7.47. The van der Waals surface area contributed by atoms with Crippen molar-refractivity contribution in [1.29, 1.82) is 0 Å². The minimum absolute atomic E-state index is 0.0180. The lowest BCUT2D eigenvalue weighted by molar-refractivity contribution is -0.142. The molecule has 0 bridgehead atoms. The smallest absolute Gasteiger partial charge is 0.326 e. The van der Waals surface area contributed by atoms with E-state index in [0.717, 1.165) is 0 Å². The van der Waals surface area contributed by atoms with Gasteiger partial charge in [-0.2, -0.15) is 0 Å². The maximum absolute atomic E-state index is 13.6. The number of aliphatic carboxylic acids is 1. The van der Waals surface area contributed by atoms with Gasteiger partial charge in [0.05, 0.1) is 12.6 Å². The molecule has 272 valence electrons. The first kappa shape index (κ1) is 40.7. The van der Waals surface area contributed by atoms with Crippen LogP contribution in [0.2, 0.25) is 0 Å². The second kappa shape index (κ2) is 20.1. The summed E-state index contributed by atoms with van der Waals surface area (Å²) >= 11 is 0. The molecule has 11 N–H and O–H groups in total. The number of amides is 6. The van der Waals surface area contributed by atoms with Crippen LogP contribution in [0.15, 0.2) is 54.6 Å². The zero-order valence-corrected chi connectivity index (χ0v) is 28.3. The molecule has 0 fully saturated rings. The fraction of sp³-hybridized carbons (Fsp3) is 0.441. The maximum atomic E-state index is 13.6. The van der Waals surface area contributed by atoms with E-state index in [0.29, 0.717) is 11.1 Å². The number of carboxylic acid groups (broad SMARTS) is 1. The van der Waals surface area contributed by atoms with Crippen molar-refractivity contribution in [3.05, 3.63) is 65.7 Å². The lowest BCUT2D eigenvalue weighted by Crippen LogP contribution is -2.57. The van der Waals surface area contributed by atoms with E-state index in [4.69, 9.17) is 11.5 Å². The molecule has 2 aromatic rings. The highest BCUT2D eigenvalue weighted by atomic mass is 16.4. The molecule has 2 aromatic carbocycles. The van der Waals surface area contributed by atoms with Crippen molar-refractivity contribution in [2.75, 3.05) is 6.54 Å². The predicted octanol–water partition coefficient (Wildman–Crippen LogP) is -1.02. The Labute approximate surface area is 290 Å². The van der Waals surface area contributed by atoms with Crippen molar-refractivity contribution in [3.63, 3.8) is 0 Å². The molecule has 0 radical (unpaired) electrons. The van der Waals surface area contributed by atoms with Gasteiger partial charge in [-0.3, -0.25) is 28.8 Å². The van der Waals surface area contributed by atoms with Crippen molar-refractivity contribution >= 4 is 41.4 Å². The number of phenolic OH excluding ortho intramolecular Hbond substituents is 1. The summed E-state index contributed by atoms with van der Waals surface area (Å²) in [7, 11) is 0. The summed E-state index contributed by atoms with van der Waals surface area (Å²) in [4.78, 5) is 87.8. The number of benzene rings is 2. The van der Waals surface area contributed by atoms with Crippen molar-refractivity contribution in [2.45, 2.75) is 83.1 Å². The third kappa shape index (κ3) is 14.7. The molecule has 0 heterocycles. The van der Waals surface area contributed by atoms with E-state index in [1.807, 2.05) is 0 Å². The minimum Gasteiger partial charge on any atom is -0.508 e. The lowest BCUT2D eigenvalue weighted by atomic mass is 10.0. The third-order valence-electron chi connectivity index (χ3n) is 7.47. The molecule has 0 saturated carbocycles. The molecule has 50 heavy (non-hydrogen) atoms. The summed E-state index contributed by atoms with van der Waals surface area (Å²) in [6, 6.07) is 9.03. The summed E-state index contributed by atoms with van der Waals surface area (Å²) in [5.74, 6) is -5.71. The Bertz CT molecular complexity index is 1490. The van der Waals surface area contributed by atoms with Gasteiger partial charge in [0.15, 0.2) is 0 Å². The number of nitrogens with one attached hydrogen (secondary N) is 5. The van der Waals surface area contributed by atoms with Crippen LogP contribution in [0.3, 0.4) is 0 Å². The van der Waals surface area contributed by atoms with Gasteiger partial charge in [-0.05, 0) is 55.4 Å². The number of hydrogen-bond donors (Lipinski definition) is 9. The number of carbonyl (C=O) groups excluding carboxylic acids is 6. The number of hydrogen-bond acceptors (Lipinski definition) is 9. The molecular weight excluding hydrogens is 650 g/mol. The van der Waals surface area contributed by atoms with Crippen LogP contribution in [0, 0.1) is 5.92 Å². The van der Waals surface area contributed by atoms with Crippen molar-refractivity contribution in [1.82, 2.24) is 26.6 Å². The second-order valence-corrected chi connectivity index (χ2v) is 12.3. The van der Waals surface area contributed by atoms with E-state index in [-0.39, 0.29) is 43.8 Å². The van der Waals surface area contributed by atoms with E-state index >= 15 is 0 Å². The molecule has 0 unspecified atom stereocenters. The molecule has 0 saturated heterocycles. The fourth-order valence-corrected chi connectivity index (χ4v) is 4.78.